The van der Waals surface area contributed by atoms with E-state index in [2.05, 4.69) is 10.6 Å². The van der Waals surface area contributed by atoms with E-state index in [-0.39, 0.29) is 5.91 Å². The number of carbonyl (C=O) groups excluding carboxylic acids is 2. The molecule has 6 heteroatoms. The predicted molar refractivity (Wildman–Crippen MR) is 72.7 cm³/mol. The van der Waals surface area contributed by atoms with Gasteiger partial charge in [-0.15, -0.1) is 11.8 Å². The van der Waals surface area contributed by atoms with Crippen molar-refractivity contribution in [3.05, 3.63) is 0 Å². The Kier molecular flexibility index (Phi) is 7.84. The molecule has 0 spiro atoms. The summed E-state index contributed by atoms with van der Waals surface area (Å²) in [6.07, 6.45) is 6.22. The first-order valence-corrected chi connectivity index (χ1v) is 7.45. The Morgan fingerprint density at radius 3 is 2.67 bits per heavy atom. The minimum atomic E-state index is -0.443. The van der Waals surface area contributed by atoms with Gasteiger partial charge >= 0.3 is 6.03 Å². The van der Waals surface area contributed by atoms with E-state index in [1.54, 1.807) is 18.9 Å². The van der Waals surface area contributed by atoms with Crippen molar-refractivity contribution in [1.82, 2.24) is 10.6 Å². The van der Waals surface area contributed by atoms with E-state index in [0.717, 1.165) is 0 Å². The molecule has 1 saturated carbocycles. The Morgan fingerprint density at radius 2 is 2.00 bits per heavy atom. The minimum Gasteiger partial charge on any atom is -0.383 e. The van der Waals surface area contributed by atoms with Gasteiger partial charge in [-0.25, -0.2) is 4.79 Å². The Bertz CT molecular complexity index is 268. The number of methoxy groups -OCH3 is 1. The van der Waals surface area contributed by atoms with E-state index < -0.39 is 6.03 Å². The lowest BCUT2D eigenvalue weighted by Crippen LogP contribution is -2.41. The summed E-state index contributed by atoms with van der Waals surface area (Å²) in [5.74, 6) is 0.142. The molecule has 0 unspecified atom stereocenters. The van der Waals surface area contributed by atoms with E-state index in [1.165, 1.54) is 32.1 Å². The van der Waals surface area contributed by atoms with Crippen LogP contribution in [0.3, 0.4) is 0 Å². The molecule has 104 valence electrons. The molecule has 0 aromatic heterocycles. The molecule has 5 nitrogen and oxygen atoms in total. The van der Waals surface area contributed by atoms with Crippen LogP contribution >= 0.6 is 11.8 Å². The van der Waals surface area contributed by atoms with Gasteiger partial charge in [-0.05, 0) is 12.8 Å². The van der Waals surface area contributed by atoms with Gasteiger partial charge in [0.25, 0.3) is 0 Å². The first-order valence-electron chi connectivity index (χ1n) is 6.40. The zero-order valence-electron chi connectivity index (χ0n) is 10.9. The summed E-state index contributed by atoms with van der Waals surface area (Å²) in [4.78, 5) is 22.8. The topological polar surface area (TPSA) is 67.4 Å². The van der Waals surface area contributed by atoms with Crippen molar-refractivity contribution in [2.75, 3.05) is 26.0 Å². The summed E-state index contributed by atoms with van der Waals surface area (Å²) in [7, 11) is 1.56. The molecule has 1 aliphatic rings. The van der Waals surface area contributed by atoms with E-state index >= 15 is 0 Å². The highest BCUT2D eigenvalue weighted by molar-refractivity contribution is 8.00. The number of urea groups is 1. The highest BCUT2D eigenvalue weighted by Gasteiger charge is 2.16. The summed E-state index contributed by atoms with van der Waals surface area (Å²) in [5.41, 5.74) is 0. The monoisotopic (exact) mass is 274 g/mol. The summed E-state index contributed by atoms with van der Waals surface area (Å²) in [6, 6.07) is -0.443. The zero-order valence-corrected chi connectivity index (χ0v) is 11.7. The average Bonchev–Trinajstić information content (AvgIpc) is 2.38. The number of ether oxygens (including phenoxy) is 1. The number of nitrogens with one attached hydrogen (secondary N) is 2. The van der Waals surface area contributed by atoms with Gasteiger partial charge in [-0.1, -0.05) is 19.3 Å². The number of carbonyl (C=O) groups is 2. The van der Waals surface area contributed by atoms with Gasteiger partial charge in [0.1, 0.15) is 0 Å². The number of amides is 3. The normalized spacial score (nSPS) is 16.3. The van der Waals surface area contributed by atoms with E-state index in [0.29, 0.717) is 24.2 Å². The molecule has 18 heavy (non-hydrogen) atoms. The van der Waals surface area contributed by atoms with Crippen molar-refractivity contribution in [2.24, 2.45) is 0 Å². The van der Waals surface area contributed by atoms with Gasteiger partial charge in [0.05, 0.1) is 12.4 Å². The molecule has 2 N–H and O–H groups in total. The smallest absolute Gasteiger partial charge is 0.321 e. The van der Waals surface area contributed by atoms with Crippen LogP contribution in [0.25, 0.3) is 0 Å². The van der Waals surface area contributed by atoms with Crippen LogP contribution in [0, 0.1) is 0 Å². The first-order chi connectivity index (χ1) is 8.72. The van der Waals surface area contributed by atoms with Gasteiger partial charge in [0, 0.05) is 18.9 Å². The van der Waals surface area contributed by atoms with Crippen molar-refractivity contribution in [3.63, 3.8) is 0 Å². The van der Waals surface area contributed by atoms with Gasteiger partial charge in [-0.2, -0.15) is 0 Å². The Labute approximate surface area is 112 Å². The fraction of sp³-hybridized carbons (Fsp3) is 0.833. The number of imide groups is 1. The van der Waals surface area contributed by atoms with E-state index in [1.807, 2.05) is 0 Å². The molecule has 0 bridgehead atoms. The third-order valence-electron chi connectivity index (χ3n) is 2.85. The highest BCUT2D eigenvalue weighted by Crippen LogP contribution is 2.27. The second-order valence-corrected chi connectivity index (χ2v) is 5.66. The van der Waals surface area contributed by atoms with Crippen molar-refractivity contribution in [3.8, 4) is 0 Å². The maximum atomic E-state index is 11.5. The highest BCUT2D eigenvalue weighted by atomic mass is 32.2. The Morgan fingerprint density at radius 1 is 1.28 bits per heavy atom. The molecule has 0 aromatic carbocycles. The molecule has 3 amide bonds. The molecule has 0 aromatic rings. The Balaban J connectivity index is 2.06. The van der Waals surface area contributed by atoms with Crippen molar-refractivity contribution in [1.29, 1.82) is 0 Å². The van der Waals surface area contributed by atoms with Crippen molar-refractivity contribution < 1.29 is 14.3 Å². The van der Waals surface area contributed by atoms with Crippen LogP contribution in [0.4, 0.5) is 4.79 Å². The lowest BCUT2D eigenvalue weighted by atomic mass is 10.0. The fourth-order valence-electron chi connectivity index (χ4n) is 1.90. The Hall–Kier alpha value is -0.750. The maximum absolute atomic E-state index is 11.5. The second kappa shape index (κ2) is 9.22. The van der Waals surface area contributed by atoms with Crippen LogP contribution in [-0.4, -0.2) is 43.2 Å². The molecule has 0 radical (unpaired) electrons. The van der Waals surface area contributed by atoms with Gasteiger partial charge in [0.2, 0.25) is 5.91 Å². The number of rotatable bonds is 6. The molecule has 0 atom stereocenters. The van der Waals surface area contributed by atoms with Crippen molar-refractivity contribution >= 4 is 23.7 Å². The van der Waals surface area contributed by atoms with Gasteiger partial charge < -0.3 is 10.1 Å². The molecule has 1 aliphatic carbocycles. The molecule has 0 heterocycles. The van der Waals surface area contributed by atoms with E-state index in [9.17, 15) is 9.59 Å². The van der Waals surface area contributed by atoms with Crippen LogP contribution in [-0.2, 0) is 9.53 Å². The summed E-state index contributed by atoms with van der Waals surface area (Å²) < 4.78 is 4.79. The lowest BCUT2D eigenvalue weighted by molar-refractivity contribution is -0.117. The summed E-state index contributed by atoms with van der Waals surface area (Å²) >= 11 is 1.66. The standard InChI is InChI=1S/C12H22N2O3S/c1-17-8-7-13-12(16)14-11(15)9-18-10-5-3-2-4-6-10/h10H,2-9H2,1H3,(H2,13,14,15,16). The van der Waals surface area contributed by atoms with Crippen LogP contribution in [0.1, 0.15) is 32.1 Å². The quantitative estimate of drug-likeness (QED) is 0.721. The molecular formula is C12H22N2O3S. The molecule has 1 rings (SSSR count). The maximum Gasteiger partial charge on any atom is 0.321 e. The van der Waals surface area contributed by atoms with Gasteiger partial charge in [0.15, 0.2) is 0 Å². The minimum absolute atomic E-state index is 0.222. The van der Waals surface area contributed by atoms with Crippen LogP contribution in [0.2, 0.25) is 0 Å². The number of hydrogen-bond donors (Lipinski definition) is 2. The van der Waals surface area contributed by atoms with E-state index in [4.69, 9.17) is 4.74 Å². The third kappa shape index (κ3) is 6.86. The number of hydrogen-bond acceptors (Lipinski definition) is 4. The lowest BCUT2D eigenvalue weighted by Gasteiger charge is -2.20. The molecule has 0 aliphatic heterocycles. The SMILES string of the molecule is COCCNC(=O)NC(=O)CSC1CCCCC1. The molecule has 1 fully saturated rings. The largest absolute Gasteiger partial charge is 0.383 e. The fourth-order valence-corrected chi connectivity index (χ4v) is 3.02. The van der Waals surface area contributed by atoms with Crippen LogP contribution < -0.4 is 10.6 Å². The summed E-state index contributed by atoms with van der Waals surface area (Å²) in [6.45, 7) is 0.851. The summed E-state index contributed by atoms with van der Waals surface area (Å²) in [5, 5.41) is 5.44. The van der Waals surface area contributed by atoms with Crippen LogP contribution in [0.15, 0.2) is 0 Å². The predicted octanol–water partition coefficient (Wildman–Crippen LogP) is 1.52. The average molecular weight is 274 g/mol. The third-order valence-corrected chi connectivity index (χ3v) is 4.22. The van der Waals surface area contributed by atoms with Crippen LogP contribution in [0.5, 0.6) is 0 Å². The first kappa shape index (κ1) is 15.3. The molecular weight excluding hydrogens is 252 g/mol. The number of thioether (sulfide) groups is 1. The molecule has 0 saturated heterocycles. The second-order valence-electron chi connectivity index (χ2n) is 4.37. The van der Waals surface area contributed by atoms with Gasteiger partial charge in [-0.3, -0.25) is 10.1 Å². The van der Waals surface area contributed by atoms with Crippen molar-refractivity contribution in [2.45, 2.75) is 37.4 Å². The zero-order chi connectivity index (χ0) is 13.2.